The lowest BCUT2D eigenvalue weighted by molar-refractivity contribution is -0.122. The van der Waals surface area contributed by atoms with Crippen molar-refractivity contribution >= 4 is 5.91 Å². The maximum Gasteiger partial charge on any atom is 0.244 e. The summed E-state index contributed by atoms with van der Waals surface area (Å²) in [5.74, 6) is 2.45. The summed E-state index contributed by atoms with van der Waals surface area (Å²) in [5, 5.41) is 7.05. The number of methoxy groups -OCH3 is 1. The van der Waals surface area contributed by atoms with Crippen molar-refractivity contribution in [3.05, 3.63) is 41.5 Å². The molecule has 0 spiro atoms. The second kappa shape index (κ2) is 8.99. The van der Waals surface area contributed by atoms with E-state index in [4.69, 9.17) is 9.26 Å². The van der Waals surface area contributed by atoms with Crippen molar-refractivity contribution in [1.29, 1.82) is 0 Å². The van der Waals surface area contributed by atoms with Gasteiger partial charge in [-0.25, -0.2) is 0 Å². The second-order valence-corrected chi connectivity index (χ2v) is 7.22. The highest BCUT2D eigenvalue weighted by molar-refractivity contribution is 5.78. The smallest absolute Gasteiger partial charge is 0.244 e. The minimum Gasteiger partial charge on any atom is -0.497 e. The molecule has 2 heterocycles. The number of hydrogen-bond donors (Lipinski definition) is 1. The van der Waals surface area contributed by atoms with Crippen molar-refractivity contribution in [2.45, 2.75) is 45.1 Å². The van der Waals surface area contributed by atoms with Gasteiger partial charge in [-0.3, -0.25) is 9.69 Å². The van der Waals surface area contributed by atoms with Crippen LogP contribution >= 0.6 is 0 Å². The molecule has 146 valence electrons. The van der Waals surface area contributed by atoms with E-state index in [0.717, 1.165) is 37.4 Å². The fourth-order valence-corrected chi connectivity index (χ4v) is 3.29. The van der Waals surface area contributed by atoms with E-state index in [1.807, 2.05) is 38.1 Å². The third kappa shape index (κ3) is 5.07. The van der Waals surface area contributed by atoms with Crippen LogP contribution in [0.2, 0.25) is 0 Å². The molecule has 7 heteroatoms. The highest BCUT2D eigenvalue weighted by Crippen LogP contribution is 2.31. The Kier molecular flexibility index (Phi) is 6.45. The summed E-state index contributed by atoms with van der Waals surface area (Å²) in [7, 11) is 1.65. The Bertz CT molecular complexity index is 742. The third-order valence-corrected chi connectivity index (χ3v) is 4.86. The van der Waals surface area contributed by atoms with Gasteiger partial charge in [-0.2, -0.15) is 4.98 Å². The maximum atomic E-state index is 12.3. The van der Waals surface area contributed by atoms with Crippen LogP contribution in [-0.4, -0.2) is 47.7 Å². The van der Waals surface area contributed by atoms with Gasteiger partial charge in [0.2, 0.25) is 11.8 Å². The van der Waals surface area contributed by atoms with Gasteiger partial charge in [0.15, 0.2) is 5.82 Å². The molecule has 2 aromatic rings. The summed E-state index contributed by atoms with van der Waals surface area (Å²) in [4.78, 5) is 19.0. The SMILES string of the molecule is COc1ccc(CCNC(=O)CN2CCCC2c2nc(C(C)C)no2)cc1. The molecule has 1 aliphatic heterocycles. The zero-order valence-corrected chi connectivity index (χ0v) is 16.3. The molecule has 1 amide bonds. The van der Waals surface area contributed by atoms with E-state index in [0.29, 0.717) is 19.0 Å². The largest absolute Gasteiger partial charge is 0.497 e. The number of benzene rings is 1. The van der Waals surface area contributed by atoms with E-state index in [1.54, 1.807) is 7.11 Å². The van der Waals surface area contributed by atoms with E-state index in [1.165, 1.54) is 5.56 Å². The first-order valence-electron chi connectivity index (χ1n) is 9.54. The van der Waals surface area contributed by atoms with E-state index in [-0.39, 0.29) is 17.9 Å². The fourth-order valence-electron chi connectivity index (χ4n) is 3.29. The molecule has 1 aromatic carbocycles. The van der Waals surface area contributed by atoms with Crippen LogP contribution in [0.25, 0.3) is 0 Å². The zero-order chi connectivity index (χ0) is 19.2. The van der Waals surface area contributed by atoms with Crippen LogP contribution < -0.4 is 10.1 Å². The topological polar surface area (TPSA) is 80.5 Å². The van der Waals surface area contributed by atoms with Gasteiger partial charge in [-0.15, -0.1) is 0 Å². The standard InChI is InChI=1S/C20H28N4O3/c1-14(2)19-22-20(27-23-19)17-5-4-12-24(17)13-18(25)21-11-10-15-6-8-16(26-3)9-7-15/h6-9,14,17H,4-5,10-13H2,1-3H3,(H,21,25). The van der Waals surface area contributed by atoms with Crippen molar-refractivity contribution < 1.29 is 14.1 Å². The molecular formula is C20H28N4O3. The molecule has 1 aliphatic rings. The molecule has 3 rings (SSSR count). The summed E-state index contributed by atoms with van der Waals surface area (Å²) in [5.41, 5.74) is 1.17. The number of aromatic nitrogens is 2. The minimum atomic E-state index is 0.0269. The van der Waals surface area contributed by atoms with Gasteiger partial charge in [0.1, 0.15) is 5.75 Å². The highest BCUT2D eigenvalue weighted by atomic mass is 16.5. The van der Waals surface area contributed by atoms with Crippen LogP contribution in [0.1, 0.15) is 55.9 Å². The first-order valence-corrected chi connectivity index (χ1v) is 9.54. The molecule has 1 unspecified atom stereocenters. The number of amides is 1. The van der Waals surface area contributed by atoms with E-state index in [9.17, 15) is 4.79 Å². The Morgan fingerprint density at radius 1 is 1.37 bits per heavy atom. The molecule has 1 aromatic heterocycles. The van der Waals surface area contributed by atoms with Crippen LogP contribution in [0.5, 0.6) is 5.75 Å². The monoisotopic (exact) mass is 372 g/mol. The van der Waals surface area contributed by atoms with Crippen molar-refractivity contribution in [3.63, 3.8) is 0 Å². The summed E-state index contributed by atoms with van der Waals surface area (Å²) in [6, 6.07) is 7.94. The molecule has 0 bridgehead atoms. The molecule has 1 fully saturated rings. The summed E-state index contributed by atoms with van der Waals surface area (Å²) in [6.45, 7) is 5.92. The number of hydrogen-bond acceptors (Lipinski definition) is 6. The number of nitrogens with one attached hydrogen (secondary N) is 1. The van der Waals surface area contributed by atoms with Crippen molar-refractivity contribution in [3.8, 4) is 5.75 Å². The molecule has 1 N–H and O–H groups in total. The van der Waals surface area contributed by atoms with Crippen molar-refractivity contribution in [1.82, 2.24) is 20.4 Å². The van der Waals surface area contributed by atoms with Gasteiger partial charge < -0.3 is 14.6 Å². The van der Waals surface area contributed by atoms with Crippen LogP contribution in [0, 0.1) is 0 Å². The Labute approximate surface area is 160 Å². The third-order valence-electron chi connectivity index (χ3n) is 4.86. The van der Waals surface area contributed by atoms with Crippen molar-refractivity contribution in [2.24, 2.45) is 0 Å². The van der Waals surface area contributed by atoms with Gasteiger partial charge in [0.25, 0.3) is 0 Å². The summed E-state index contributed by atoms with van der Waals surface area (Å²) < 4.78 is 10.6. The Morgan fingerprint density at radius 3 is 2.81 bits per heavy atom. The second-order valence-electron chi connectivity index (χ2n) is 7.22. The van der Waals surface area contributed by atoms with Gasteiger partial charge in [-0.1, -0.05) is 31.1 Å². The van der Waals surface area contributed by atoms with Gasteiger partial charge in [-0.05, 0) is 43.5 Å². The molecule has 27 heavy (non-hydrogen) atoms. The van der Waals surface area contributed by atoms with Crippen LogP contribution in [0.3, 0.4) is 0 Å². The molecular weight excluding hydrogens is 344 g/mol. The first-order chi connectivity index (χ1) is 13.1. The summed E-state index contributed by atoms with van der Waals surface area (Å²) in [6.07, 6.45) is 2.77. The summed E-state index contributed by atoms with van der Waals surface area (Å²) >= 11 is 0. The zero-order valence-electron chi connectivity index (χ0n) is 16.3. The van der Waals surface area contributed by atoms with E-state index < -0.39 is 0 Å². The predicted octanol–water partition coefficient (Wildman–Crippen LogP) is 2.70. The average Bonchev–Trinajstić information content (AvgIpc) is 3.31. The van der Waals surface area contributed by atoms with Crippen molar-refractivity contribution in [2.75, 3.05) is 26.7 Å². The Hall–Kier alpha value is -2.41. The van der Waals surface area contributed by atoms with Gasteiger partial charge in [0, 0.05) is 12.5 Å². The molecule has 0 saturated carbocycles. The number of nitrogens with zero attached hydrogens (tertiary/aromatic N) is 3. The molecule has 7 nitrogen and oxygen atoms in total. The number of carbonyl (C=O) groups is 1. The van der Waals surface area contributed by atoms with Crippen LogP contribution in [-0.2, 0) is 11.2 Å². The molecule has 0 radical (unpaired) electrons. The van der Waals surface area contributed by atoms with Gasteiger partial charge in [0.05, 0.1) is 19.7 Å². The van der Waals surface area contributed by atoms with Crippen LogP contribution in [0.15, 0.2) is 28.8 Å². The normalized spacial score (nSPS) is 17.4. The lowest BCUT2D eigenvalue weighted by Gasteiger charge is -2.20. The maximum absolute atomic E-state index is 12.3. The highest BCUT2D eigenvalue weighted by Gasteiger charge is 2.32. The average molecular weight is 372 g/mol. The Balaban J connectivity index is 1.47. The number of ether oxygens (including phenoxy) is 1. The Morgan fingerprint density at radius 2 is 2.15 bits per heavy atom. The van der Waals surface area contributed by atoms with E-state index in [2.05, 4.69) is 20.4 Å². The van der Waals surface area contributed by atoms with Gasteiger partial charge >= 0.3 is 0 Å². The lowest BCUT2D eigenvalue weighted by Crippen LogP contribution is -2.37. The molecule has 1 atom stereocenters. The number of carbonyl (C=O) groups excluding carboxylic acids is 1. The van der Waals surface area contributed by atoms with Crippen LogP contribution in [0.4, 0.5) is 0 Å². The molecule has 1 saturated heterocycles. The number of likely N-dealkylation sites (tertiary alicyclic amines) is 1. The lowest BCUT2D eigenvalue weighted by atomic mass is 10.1. The number of rotatable bonds is 8. The quantitative estimate of drug-likeness (QED) is 0.767. The molecule has 0 aliphatic carbocycles. The minimum absolute atomic E-state index is 0.0269. The fraction of sp³-hybridized carbons (Fsp3) is 0.550. The van der Waals surface area contributed by atoms with E-state index >= 15 is 0 Å². The first kappa shape index (κ1) is 19.4. The predicted molar refractivity (Wildman–Crippen MR) is 102 cm³/mol.